The fourth-order valence-corrected chi connectivity index (χ4v) is 3.71. The zero-order valence-electron chi connectivity index (χ0n) is 17.3. The average Bonchev–Trinajstić information content (AvgIpc) is 3.11. The van der Waals surface area contributed by atoms with Gasteiger partial charge in [-0.1, -0.05) is 48.9 Å². The summed E-state index contributed by atoms with van der Waals surface area (Å²) in [5, 5.41) is 3.85. The fourth-order valence-electron chi connectivity index (χ4n) is 3.49. The number of rotatable bonds is 7. The van der Waals surface area contributed by atoms with Crippen molar-refractivity contribution >= 4 is 23.3 Å². The number of para-hydroxylation sites is 1. The van der Waals surface area contributed by atoms with E-state index in [1.807, 2.05) is 67.4 Å². The van der Waals surface area contributed by atoms with Crippen LogP contribution in [-0.4, -0.2) is 22.0 Å². The molecule has 2 aromatic carbocycles. The van der Waals surface area contributed by atoms with Gasteiger partial charge >= 0.3 is 6.03 Å². The second-order valence-electron chi connectivity index (χ2n) is 7.38. The minimum Gasteiger partial charge on any atom is -0.345 e. The number of benzene rings is 2. The van der Waals surface area contributed by atoms with Gasteiger partial charge in [-0.15, -0.1) is 0 Å². The predicted octanol–water partition coefficient (Wildman–Crippen LogP) is 6.25. The number of amides is 2. The van der Waals surface area contributed by atoms with E-state index >= 15 is 0 Å². The maximum absolute atomic E-state index is 13.0. The first kappa shape index (κ1) is 21.0. The molecule has 152 valence electrons. The summed E-state index contributed by atoms with van der Waals surface area (Å²) in [6, 6.07) is 17.9. The van der Waals surface area contributed by atoms with Crippen molar-refractivity contribution in [3.63, 3.8) is 0 Å². The molecule has 0 bridgehead atoms. The Bertz CT molecular complexity index is 960. The van der Waals surface area contributed by atoms with Gasteiger partial charge in [0.15, 0.2) is 0 Å². The van der Waals surface area contributed by atoms with Gasteiger partial charge in [0, 0.05) is 35.7 Å². The molecule has 3 aromatic rings. The Kier molecular flexibility index (Phi) is 6.99. The van der Waals surface area contributed by atoms with E-state index in [4.69, 9.17) is 11.6 Å². The van der Waals surface area contributed by atoms with Crippen LogP contribution < -0.4 is 5.32 Å². The van der Waals surface area contributed by atoms with Crippen LogP contribution in [0, 0.1) is 13.8 Å². The Morgan fingerprint density at radius 3 is 2.48 bits per heavy atom. The molecule has 29 heavy (non-hydrogen) atoms. The Labute approximate surface area is 178 Å². The predicted molar refractivity (Wildman–Crippen MR) is 121 cm³/mol. The molecule has 0 aliphatic heterocycles. The minimum absolute atomic E-state index is 0.0697. The number of aromatic nitrogens is 1. The third-order valence-electron chi connectivity index (χ3n) is 5.01. The van der Waals surface area contributed by atoms with Crippen molar-refractivity contribution in [3.8, 4) is 0 Å². The standard InChI is InChI=1S/C24H28ClN3O/c1-4-13-28(24(29)26-23-18(2)8-5-9-19(23)3)17-22-12-7-14-27(22)16-20-10-6-11-21(25)15-20/h5-12,14-15H,4,13,16-17H2,1-3H3,(H,26,29). The van der Waals surface area contributed by atoms with Crippen molar-refractivity contribution in [1.29, 1.82) is 0 Å². The lowest BCUT2D eigenvalue weighted by Gasteiger charge is -2.24. The van der Waals surface area contributed by atoms with E-state index in [1.165, 1.54) is 0 Å². The van der Waals surface area contributed by atoms with Crippen LogP contribution in [0.15, 0.2) is 60.8 Å². The molecule has 3 rings (SSSR count). The molecular weight excluding hydrogens is 382 g/mol. The smallest absolute Gasteiger partial charge is 0.322 e. The van der Waals surface area contributed by atoms with Crippen LogP contribution in [0.2, 0.25) is 5.02 Å². The first-order chi connectivity index (χ1) is 14.0. The van der Waals surface area contributed by atoms with Crippen molar-refractivity contribution in [2.75, 3.05) is 11.9 Å². The number of hydrogen-bond acceptors (Lipinski definition) is 1. The van der Waals surface area contributed by atoms with Crippen LogP contribution in [0.4, 0.5) is 10.5 Å². The van der Waals surface area contributed by atoms with E-state index in [1.54, 1.807) is 0 Å². The number of carbonyl (C=O) groups excluding carboxylic acids is 1. The van der Waals surface area contributed by atoms with Gasteiger partial charge in [-0.25, -0.2) is 4.79 Å². The summed E-state index contributed by atoms with van der Waals surface area (Å²) >= 11 is 6.12. The quantitative estimate of drug-likeness (QED) is 0.492. The van der Waals surface area contributed by atoms with Crippen LogP contribution in [0.25, 0.3) is 0 Å². The van der Waals surface area contributed by atoms with E-state index in [2.05, 4.69) is 28.9 Å². The van der Waals surface area contributed by atoms with Crippen LogP contribution in [0.1, 0.15) is 35.7 Å². The van der Waals surface area contributed by atoms with Crippen molar-refractivity contribution < 1.29 is 4.79 Å². The summed E-state index contributed by atoms with van der Waals surface area (Å²) < 4.78 is 2.17. The van der Waals surface area contributed by atoms with Crippen LogP contribution in [0.5, 0.6) is 0 Å². The first-order valence-corrected chi connectivity index (χ1v) is 10.4. The lowest BCUT2D eigenvalue weighted by molar-refractivity contribution is 0.208. The maximum atomic E-state index is 13.0. The van der Waals surface area contributed by atoms with Gasteiger partial charge in [-0.3, -0.25) is 0 Å². The van der Waals surface area contributed by atoms with E-state index < -0.39 is 0 Å². The molecule has 0 aliphatic carbocycles. The van der Waals surface area contributed by atoms with E-state index in [0.29, 0.717) is 13.1 Å². The summed E-state index contributed by atoms with van der Waals surface area (Å²) in [5.74, 6) is 0. The third-order valence-corrected chi connectivity index (χ3v) is 5.25. The van der Waals surface area contributed by atoms with Crippen molar-refractivity contribution in [1.82, 2.24) is 9.47 Å². The van der Waals surface area contributed by atoms with Crippen molar-refractivity contribution in [2.24, 2.45) is 0 Å². The van der Waals surface area contributed by atoms with Gasteiger partial charge in [-0.05, 0) is 61.2 Å². The fraction of sp³-hybridized carbons (Fsp3) is 0.292. The van der Waals surface area contributed by atoms with Crippen molar-refractivity contribution in [2.45, 2.75) is 40.3 Å². The molecular formula is C24H28ClN3O. The summed E-state index contributed by atoms with van der Waals surface area (Å²) in [6.45, 7) is 8.09. The zero-order valence-corrected chi connectivity index (χ0v) is 18.0. The molecule has 5 heteroatoms. The highest BCUT2D eigenvalue weighted by Crippen LogP contribution is 2.21. The van der Waals surface area contributed by atoms with Gasteiger partial charge < -0.3 is 14.8 Å². The molecule has 1 heterocycles. The topological polar surface area (TPSA) is 37.3 Å². The monoisotopic (exact) mass is 409 g/mol. The third kappa shape index (κ3) is 5.42. The summed E-state index contributed by atoms with van der Waals surface area (Å²) in [6.07, 6.45) is 2.94. The van der Waals surface area contributed by atoms with Crippen LogP contribution in [0.3, 0.4) is 0 Å². The molecule has 0 saturated carbocycles. The van der Waals surface area contributed by atoms with E-state index in [0.717, 1.165) is 46.1 Å². The van der Waals surface area contributed by atoms with Crippen LogP contribution in [-0.2, 0) is 13.1 Å². The highest BCUT2D eigenvalue weighted by atomic mass is 35.5. The highest BCUT2D eigenvalue weighted by molar-refractivity contribution is 6.30. The molecule has 2 amide bonds. The molecule has 4 nitrogen and oxygen atoms in total. The number of aryl methyl sites for hydroxylation is 2. The zero-order chi connectivity index (χ0) is 20.8. The number of urea groups is 1. The van der Waals surface area contributed by atoms with Gasteiger partial charge in [0.2, 0.25) is 0 Å². The molecule has 0 fully saturated rings. The normalized spacial score (nSPS) is 10.8. The number of halogens is 1. The van der Waals surface area contributed by atoms with E-state index in [-0.39, 0.29) is 6.03 Å². The Hall–Kier alpha value is -2.72. The SMILES string of the molecule is CCCN(Cc1cccn1Cc1cccc(Cl)c1)C(=O)Nc1c(C)cccc1C. The Balaban J connectivity index is 1.76. The molecule has 1 aromatic heterocycles. The largest absolute Gasteiger partial charge is 0.345 e. The number of hydrogen-bond donors (Lipinski definition) is 1. The summed E-state index contributed by atoms with van der Waals surface area (Å²) in [5.41, 5.74) is 5.26. The van der Waals surface area contributed by atoms with Gasteiger partial charge in [-0.2, -0.15) is 0 Å². The molecule has 0 unspecified atom stereocenters. The molecule has 0 aliphatic rings. The lowest BCUT2D eigenvalue weighted by atomic mass is 10.1. The Morgan fingerprint density at radius 2 is 1.79 bits per heavy atom. The van der Waals surface area contributed by atoms with Gasteiger partial charge in [0.05, 0.1) is 6.54 Å². The number of nitrogens with one attached hydrogen (secondary N) is 1. The minimum atomic E-state index is -0.0697. The Morgan fingerprint density at radius 1 is 1.07 bits per heavy atom. The van der Waals surface area contributed by atoms with E-state index in [9.17, 15) is 4.79 Å². The summed E-state index contributed by atoms with van der Waals surface area (Å²) in [7, 11) is 0. The first-order valence-electron chi connectivity index (χ1n) is 9.98. The van der Waals surface area contributed by atoms with Crippen molar-refractivity contribution in [3.05, 3.63) is 88.2 Å². The number of carbonyl (C=O) groups is 1. The van der Waals surface area contributed by atoms with Gasteiger partial charge in [0.1, 0.15) is 0 Å². The average molecular weight is 410 g/mol. The highest BCUT2D eigenvalue weighted by Gasteiger charge is 2.17. The molecule has 1 N–H and O–H groups in total. The van der Waals surface area contributed by atoms with Gasteiger partial charge in [0.25, 0.3) is 0 Å². The lowest BCUT2D eigenvalue weighted by Crippen LogP contribution is -2.36. The second-order valence-corrected chi connectivity index (χ2v) is 7.81. The second kappa shape index (κ2) is 9.66. The maximum Gasteiger partial charge on any atom is 0.322 e. The molecule has 0 saturated heterocycles. The molecule has 0 spiro atoms. The molecule has 0 radical (unpaired) electrons. The molecule has 0 atom stereocenters. The summed E-state index contributed by atoms with van der Waals surface area (Å²) in [4.78, 5) is 14.9. The number of nitrogens with zero attached hydrogens (tertiary/aromatic N) is 2. The number of anilines is 1. The van der Waals surface area contributed by atoms with Crippen LogP contribution >= 0.6 is 11.6 Å².